The van der Waals surface area contributed by atoms with Gasteiger partial charge in [0, 0.05) is 25.4 Å². The molecular formula is C11H17N3O. The lowest BCUT2D eigenvalue weighted by Gasteiger charge is -2.33. The highest BCUT2D eigenvalue weighted by Gasteiger charge is 2.41. The van der Waals surface area contributed by atoms with Crippen LogP contribution in [0.25, 0.3) is 0 Å². The third-order valence-corrected chi connectivity index (χ3v) is 3.57. The minimum atomic E-state index is 0.104. The Morgan fingerprint density at radius 3 is 3.27 bits per heavy atom. The Kier molecular flexibility index (Phi) is 2.25. The fourth-order valence-electron chi connectivity index (χ4n) is 2.73. The van der Waals surface area contributed by atoms with E-state index in [0.29, 0.717) is 6.04 Å². The summed E-state index contributed by atoms with van der Waals surface area (Å²) in [5.41, 5.74) is 0.104. The summed E-state index contributed by atoms with van der Waals surface area (Å²) >= 11 is 0. The zero-order valence-corrected chi connectivity index (χ0v) is 8.85. The van der Waals surface area contributed by atoms with Crippen molar-refractivity contribution in [3.63, 3.8) is 0 Å². The summed E-state index contributed by atoms with van der Waals surface area (Å²) in [4.78, 5) is 4.09. The maximum Gasteiger partial charge on any atom is 0.0949 e. The number of rotatable bonds is 1. The SMILES string of the molecule is c1cn([C@H]2CO[C@@]3(CCCNC3)C2)cn1. The van der Waals surface area contributed by atoms with E-state index in [1.165, 1.54) is 12.8 Å². The molecular weight excluding hydrogens is 190 g/mol. The Morgan fingerprint density at radius 1 is 1.53 bits per heavy atom. The average Bonchev–Trinajstić information content (AvgIpc) is 2.88. The first kappa shape index (κ1) is 9.36. The van der Waals surface area contributed by atoms with Crippen LogP contribution in [0.4, 0.5) is 0 Å². The maximum absolute atomic E-state index is 6.01. The van der Waals surface area contributed by atoms with Gasteiger partial charge in [-0.25, -0.2) is 4.98 Å². The Bertz CT molecular complexity index is 317. The van der Waals surface area contributed by atoms with Crippen molar-refractivity contribution in [2.45, 2.75) is 30.9 Å². The molecule has 82 valence electrons. The second kappa shape index (κ2) is 3.61. The summed E-state index contributed by atoms with van der Waals surface area (Å²) < 4.78 is 8.18. The molecule has 2 aliphatic rings. The van der Waals surface area contributed by atoms with Gasteiger partial charge >= 0.3 is 0 Å². The zero-order chi connectivity index (χ0) is 10.1. The van der Waals surface area contributed by atoms with Crippen LogP contribution in [0.1, 0.15) is 25.3 Å². The van der Waals surface area contributed by atoms with E-state index in [-0.39, 0.29) is 5.60 Å². The molecule has 4 heteroatoms. The number of hydrogen-bond donors (Lipinski definition) is 1. The quantitative estimate of drug-likeness (QED) is 0.745. The third kappa shape index (κ3) is 1.68. The van der Waals surface area contributed by atoms with E-state index >= 15 is 0 Å². The zero-order valence-electron chi connectivity index (χ0n) is 8.85. The highest BCUT2D eigenvalue weighted by molar-refractivity contribution is 4.96. The van der Waals surface area contributed by atoms with E-state index in [4.69, 9.17) is 4.74 Å². The van der Waals surface area contributed by atoms with E-state index in [0.717, 1.165) is 26.1 Å². The number of nitrogens with one attached hydrogen (secondary N) is 1. The van der Waals surface area contributed by atoms with Crippen LogP contribution in [-0.2, 0) is 4.74 Å². The minimum absolute atomic E-state index is 0.104. The molecule has 3 rings (SSSR count). The monoisotopic (exact) mass is 207 g/mol. The standard InChI is InChI=1S/C11H17N3O/c1-2-11(8-12-3-1)6-10(7-15-11)14-5-4-13-9-14/h4-5,9-10,12H,1-3,6-8H2/t10-,11+/m1/s1. The molecule has 1 N–H and O–H groups in total. The summed E-state index contributed by atoms with van der Waals surface area (Å²) in [5, 5.41) is 3.43. The second-order valence-corrected chi connectivity index (χ2v) is 4.64. The highest BCUT2D eigenvalue weighted by atomic mass is 16.5. The van der Waals surface area contributed by atoms with Crippen molar-refractivity contribution in [3.8, 4) is 0 Å². The van der Waals surface area contributed by atoms with Crippen molar-refractivity contribution in [1.82, 2.24) is 14.9 Å². The molecule has 1 aromatic rings. The van der Waals surface area contributed by atoms with Gasteiger partial charge in [0.25, 0.3) is 0 Å². The van der Waals surface area contributed by atoms with Gasteiger partial charge in [-0.05, 0) is 19.4 Å². The highest BCUT2D eigenvalue weighted by Crippen LogP contribution is 2.37. The summed E-state index contributed by atoms with van der Waals surface area (Å²) in [5.74, 6) is 0. The van der Waals surface area contributed by atoms with E-state index in [1.807, 2.05) is 18.7 Å². The van der Waals surface area contributed by atoms with Gasteiger partial charge in [-0.3, -0.25) is 0 Å². The van der Waals surface area contributed by atoms with E-state index in [1.54, 1.807) is 0 Å². The minimum Gasteiger partial charge on any atom is -0.371 e. The maximum atomic E-state index is 6.01. The Morgan fingerprint density at radius 2 is 2.53 bits per heavy atom. The van der Waals surface area contributed by atoms with Crippen LogP contribution in [0.5, 0.6) is 0 Å². The molecule has 0 radical (unpaired) electrons. The van der Waals surface area contributed by atoms with Gasteiger partial charge < -0.3 is 14.6 Å². The second-order valence-electron chi connectivity index (χ2n) is 4.64. The average molecular weight is 207 g/mol. The summed E-state index contributed by atoms with van der Waals surface area (Å²) in [6.07, 6.45) is 9.31. The lowest BCUT2D eigenvalue weighted by atomic mass is 9.90. The predicted molar refractivity (Wildman–Crippen MR) is 56.7 cm³/mol. The number of aromatic nitrogens is 2. The number of ether oxygens (including phenoxy) is 1. The summed E-state index contributed by atoms with van der Waals surface area (Å²) in [7, 11) is 0. The molecule has 1 spiro atoms. The van der Waals surface area contributed by atoms with Gasteiger partial charge in [0.2, 0.25) is 0 Å². The lowest BCUT2D eigenvalue weighted by molar-refractivity contribution is -0.0142. The van der Waals surface area contributed by atoms with Crippen molar-refractivity contribution in [1.29, 1.82) is 0 Å². The molecule has 0 aromatic carbocycles. The number of imidazole rings is 1. The molecule has 0 bridgehead atoms. The van der Waals surface area contributed by atoms with Crippen LogP contribution in [0.2, 0.25) is 0 Å². The largest absolute Gasteiger partial charge is 0.371 e. The van der Waals surface area contributed by atoms with Crippen molar-refractivity contribution in [2.24, 2.45) is 0 Å². The van der Waals surface area contributed by atoms with E-state index < -0.39 is 0 Å². The van der Waals surface area contributed by atoms with Gasteiger partial charge in [0.1, 0.15) is 0 Å². The van der Waals surface area contributed by atoms with E-state index in [2.05, 4.69) is 14.9 Å². The van der Waals surface area contributed by atoms with Crippen molar-refractivity contribution in [2.75, 3.05) is 19.7 Å². The van der Waals surface area contributed by atoms with Crippen molar-refractivity contribution < 1.29 is 4.74 Å². The number of piperidine rings is 1. The van der Waals surface area contributed by atoms with Gasteiger partial charge in [-0.15, -0.1) is 0 Å². The first-order valence-corrected chi connectivity index (χ1v) is 5.70. The predicted octanol–water partition coefficient (Wildman–Crippen LogP) is 0.967. The Hall–Kier alpha value is -0.870. The summed E-state index contributed by atoms with van der Waals surface area (Å²) in [6, 6.07) is 0.479. The fraction of sp³-hybridized carbons (Fsp3) is 0.727. The van der Waals surface area contributed by atoms with Gasteiger partial charge in [0.05, 0.1) is 24.6 Å². The Balaban J connectivity index is 1.72. The molecule has 0 saturated carbocycles. The summed E-state index contributed by atoms with van der Waals surface area (Å²) in [6.45, 7) is 2.98. The molecule has 15 heavy (non-hydrogen) atoms. The fourth-order valence-corrected chi connectivity index (χ4v) is 2.73. The molecule has 2 fully saturated rings. The smallest absolute Gasteiger partial charge is 0.0949 e. The normalized spacial score (nSPS) is 36.1. The van der Waals surface area contributed by atoms with Crippen LogP contribution in [0.15, 0.2) is 18.7 Å². The Labute approximate surface area is 89.6 Å². The first-order chi connectivity index (χ1) is 7.38. The lowest BCUT2D eigenvalue weighted by Crippen LogP contribution is -2.45. The molecule has 0 aliphatic carbocycles. The first-order valence-electron chi connectivity index (χ1n) is 5.70. The topological polar surface area (TPSA) is 39.1 Å². The number of nitrogens with zero attached hydrogens (tertiary/aromatic N) is 2. The van der Waals surface area contributed by atoms with E-state index in [9.17, 15) is 0 Å². The van der Waals surface area contributed by atoms with Crippen LogP contribution in [0, 0.1) is 0 Å². The molecule has 3 heterocycles. The molecule has 0 unspecified atom stereocenters. The van der Waals surface area contributed by atoms with Gasteiger partial charge in [0.15, 0.2) is 0 Å². The van der Waals surface area contributed by atoms with Crippen molar-refractivity contribution in [3.05, 3.63) is 18.7 Å². The van der Waals surface area contributed by atoms with Crippen LogP contribution < -0.4 is 5.32 Å². The van der Waals surface area contributed by atoms with Gasteiger partial charge in [-0.1, -0.05) is 0 Å². The molecule has 0 amide bonds. The molecule has 2 atom stereocenters. The van der Waals surface area contributed by atoms with Crippen molar-refractivity contribution >= 4 is 0 Å². The van der Waals surface area contributed by atoms with Crippen LogP contribution in [0.3, 0.4) is 0 Å². The van der Waals surface area contributed by atoms with Crippen LogP contribution in [-0.4, -0.2) is 34.8 Å². The molecule has 1 aromatic heterocycles. The van der Waals surface area contributed by atoms with Crippen LogP contribution >= 0.6 is 0 Å². The molecule has 4 nitrogen and oxygen atoms in total. The molecule has 2 saturated heterocycles. The number of hydrogen-bond acceptors (Lipinski definition) is 3. The van der Waals surface area contributed by atoms with Gasteiger partial charge in [-0.2, -0.15) is 0 Å². The third-order valence-electron chi connectivity index (χ3n) is 3.57. The molecule has 2 aliphatic heterocycles.